The Labute approximate surface area is 112 Å². The minimum absolute atomic E-state index is 0.0177. The molecule has 19 heavy (non-hydrogen) atoms. The molecule has 0 saturated heterocycles. The molecular formula is C12H20N4O3. The van der Waals surface area contributed by atoms with Gasteiger partial charge in [-0.2, -0.15) is 4.98 Å². The summed E-state index contributed by atoms with van der Waals surface area (Å²) in [6.45, 7) is 8.39. The molecule has 1 N–H and O–H groups in total. The first-order chi connectivity index (χ1) is 8.95. The number of anilines is 1. The zero-order chi connectivity index (χ0) is 14.4. The van der Waals surface area contributed by atoms with Gasteiger partial charge >= 0.3 is 5.69 Å². The highest BCUT2D eigenvalue weighted by molar-refractivity contribution is 5.61. The van der Waals surface area contributed by atoms with E-state index < -0.39 is 4.92 Å². The first-order valence-electron chi connectivity index (χ1n) is 6.35. The topological polar surface area (TPSA) is 90.2 Å². The second-order valence-corrected chi connectivity index (χ2v) is 4.72. The average molecular weight is 268 g/mol. The fourth-order valence-corrected chi connectivity index (χ4v) is 1.81. The number of nitrogens with zero attached hydrogens (tertiary/aromatic N) is 3. The third kappa shape index (κ3) is 4.35. The lowest BCUT2D eigenvalue weighted by Crippen LogP contribution is -2.17. The molecule has 0 fully saturated rings. The van der Waals surface area contributed by atoms with Crippen LogP contribution < -0.4 is 10.1 Å². The summed E-state index contributed by atoms with van der Waals surface area (Å²) in [5.41, 5.74) is -0.208. The molecule has 7 nitrogen and oxygen atoms in total. The Morgan fingerprint density at radius 3 is 2.63 bits per heavy atom. The monoisotopic (exact) mass is 268 g/mol. The van der Waals surface area contributed by atoms with Crippen molar-refractivity contribution in [3.05, 3.63) is 16.4 Å². The van der Waals surface area contributed by atoms with Crippen molar-refractivity contribution in [2.75, 3.05) is 11.9 Å². The fraction of sp³-hybridized carbons (Fsp3) is 0.667. The van der Waals surface area contributed by atoms with E-state index in [1.807, 2.05) is 13.8 Å². The standard InChI is InChI=1S/C12H20N4O3/c1-5-13-11-10(16(17)18)12(15-7-14-11)19-9(4)6-8(2)3/h7-9H,5-6H2,1-4H3,(H,13,14,15). The van der Waals surface area contributed by atoms with E-state index in [2.05, 4.69) is 29.1 Å². The Balaban J connectivity index is 2.99. The van der Waals surface area contributed by atoms with Crippen LogP contribution in [0.1, 0.15) is 34.1 Å². The Morgan fingerprint density at radius 1 is 1.42 bits per heavy atom. The summed E-state index contributed by atoms with van der Waals surface area (Å²) in [6, 6.07) is 0. The van der Waals surface area contributed by atoms with Crippen molar-refractivity contribution in [3.63, 3.8) is 0 Å². The molecule has 0 aromatic carbocycles. The van der Waals surface area contributed by atoms with Gasteiger partial charge < -0.3 is 10.1 Å². The van der Waals surface area contributed by atoms with Gasteiger partial charge in [-0.25, -0.2) is 4.98 Å². The Morgan fingerprint density at radius 2 is 2.11 bits per heavy atom. The van der Waals surface area contributed by atoms with E-state index >= 15 is 0 Å². The maximum Gasteiger partial charge on any atom is 0.372 e. The highest BCUT2D eigenvalue weighted by Gasteiger charge is 2.25. The predicted octanol–water partition coefficient (Wildman–Crippen LogP) is 2.63. The zero-order valence-electron chi connectivity index (χ0n) is 11.7. The lowest BCUT2D eigenvalue weighted by molar-refractivity contribution is -0.385. The van der Waals surface area contributed by atoms with Gasteiger partial charge in [0.15, 0.2) is 0 Å². The molecule has 0 amide bonds. The van der Waals surface area contributed by atoms with Crippen molar-refractivity contribution >= 4 is 11.5 Å². The summed E-state index contributed by atoms with van der Waals surface area (Å²) >= 11 is 0. The highest BCUT2D eigenvalue weighted by atomic mass is 16.6. The number of nitrogens with one attached hydrogen (secondary N) is 1. The Hall–Kier alpha value is -1.92. The van der Waals surface area contributed by atoms with Crippen LogP contribution >= 0.6 is 0 Å². The maximum atomic E-state index is 11.1. The average Bonchev–Trinajstić information content (AvgIpc) is 2.27. The lowest BCUT2D eigenvalue weighted by atomic mass is 10.1. The molecule has 0 aliphatic heterocycles. The largest absolute Gasteiger partial charge is 0.470 e. The molecule has 0 aliphatic carbocycles. The van der Waals surface area contributed by atoms with Crippen molar-refractivity contribution in [2.24, 2.45) is 5.92 Å². The zero-order valence-corrected chi connectivity index (χ0v) is 11.7. The van der Waals surface area contributed by atoms with Crippen LogP contribution in [0, 0.1) is 16.0 Å². The van der Waals surface area contributed by atoms with E-state index in [-0.39, 0.29) is 23.5 Å². The summed E-state index contributed by atoms with van der Waals surface area (Å²) in [6.07, 6.45) is 1.93. The second-order valence-electron chi connectivity index (χ2n) is 4.72. The number of nitro groups is 1. The first-order valence-corrected chi connectivity index (χ1v) is 6.35. The summed E-state index contributed by atoms with van der Waals surface area (Å²) in [4.78, 5) is 18.4. The molecule has 1 heterocycles. The summed E-state index contributed by atoms with van der Waals surface area (Å²) in [5.74, 6) is 0.655. The van der Waals surface area contributed by atoms with Gasteiger partial charge in [-0.1, -0.05) is 13.8 Å². The molecule has 0 bridgehead atoms. The van der Waals surface area contributed by atoms with Crippen LogP contribution in [-0.2, 0) is 0 Å². The first kappa shape index (κ1) is 15.1. The molecule has 1 aromatic heterocycles. The van der Waals surface area contributed by atoms with Gasteiger partial charge in [-0.3, -0.25) is 10.1 Å². The lowest BCUT2D eigenvalue weighted by Gasteiger charge is -2.16. The van der Waals surface area contributed by atoms with E-state index in [1.54, 1.807) is 0 Å². The third-order valence-electron chi connectivity index (χ3n) is 2.43. The molecule has 1 atom stereocenters. The van der Waals surface area contributed by atoms with E-state index in [0.29, 0.717) is 12.5 Å². The van der Waals surface area contributed by atoms with Gasteiger partial charge in [-0.05, 0) is 26.2 Å². The summed E-state index contributed by atoms with van der Waals surface area (Å²) in [5, 5.41) is 14.0. The molecule has 0 radical (unpaired) electrons. The minimum Gasteiger partial charge on any atom is -0.470 e. The Bertz CT molecular complexity index is 437. The second kappa shape index (κ2) is 6.86. The Kier molecular flexibility index (Phi) is 5.47. The molecular weight excluding hydrogens is 248 g/mol. The number of ether oxygens (including phenoxy) is 1. The number of aromatic nitrogens is 2. The quantitative estimate of drug-likeness (QED) is 0.604. The maximum absolute atomic E-state index is 11.1. The summed E-state index contributed by atoms with van der Waals surface area (Å²) in [7, 11) is 0. The fourth-order valence-electron chi connectivity index (χ4n) is 1.81. The van der Waals surface area contributed by atoms with Gasteiger partial charge in [0.1, 0.15) is 6.33 Å². The normalized spacial score (nSPS) is 12.3. The van der Waals surface area contributed by atoms with E-state index in [0.717, 1.165) is 6.42 Å². The van der Waals surface area contributed by atoms with Crippen LogP contribution in [0.15, 0.2) is 6.33 Å². The van der Waals surface area contributed by atoms with Crippen molar-refractivity contribution in [1.29, 1.82) is 0 Å². The van der Waals surface area contributed by atoms with Gasteiger partial charge in [0, 0.05) is 6.54 Å². The predicted molar refractivity (Wildman–Crippen MR) is 72.4 cm³/mol. The van der Waals surface area contributed by atoms with Crippen LogP contribution in [0.4, 0.5) is 11.5 Å². The number of rotatable bonds is 7. The van der Waals surface area contributed by atoms with E-state index in [1.165, 1.54) is 6.33 Å². The molecule has 0 aliphatic rings. The molecule has 1 unspecified atom stereocenters. The van der Waals surface area contributed by atoms with Crippen molar-refractivity contribution in [3.8, 4) is 5.88 Å². The molecule has 7 heteroatoms. The van der Waals surface area contributed by atoms with E-state index in [9.17, 15) is 10.1 Å². The van der Waals surface area contributed by atoms with Gasteiger partial charge in [0.2, 0.25) is 5.82 Å². The van der Waals surface area contributed by atoms with E-state index in [4.69, 9.17) is 4.74 Å². The molecule has 1 aromatic rings. The molecule has 0 spiro atoms. The highest BCUT2D eigenvalue weighted by Crippen LogP contribution is 2.31. The van der Waals surface area contributed by atoms with Crippen molar-refractivity contribution < 1.29 is 9.66 Å². The van der Waals surface area contributed by atoms with Crippen LogP contribution in [0.2, 0.25) is 0 Å². The van der Waals surface area contributed by atoms with Crippen LogP contribution in [-0.4, -0.2) is 27.5 Å². The van der Waals surface area contributed by atoms with Gasteiger partial charge in [-0.15, -0.1) is 0 Å². The van der Waals surface area contributed by atoms with Gasteiger partial charge in [0.05, 0.1) is 11.0 Å². The van der Waals surface area contributed by atoms with Crippen LogP contribution in [0.5, 0.6) is 5.88 Å². The summed E-state index contributed by atoms with van der Waals surface area (Å²) < 4.78 is 5.57. The van der Waals surface area contributed by atoms with Crippen molar-refractivity contribution in [2.45, 2.75) is 40.2 Å². The third-order valence-corrected chi connectivity index (χ3v) is 2.43. The smallest absolute Gasteiger partial charge is 0.372 e. The number of hydrogen-bond donors (Lipinski definition) is 1. The molecule has 106 valence electrons. The molecule has 1 rings (SSSR count). The van der Waals surface area contributed by atoms with Crippen LogP contribution in [0.25, 0.3) is 0 Å². The molecule has 0 saturated carbocycles. The SMILES string of the molecule is CCNc1ncnc(OC(C)CC(C)C)c1[N+](=O)[O-]. The van der Waals surface area contributed by atoms with Crippen molar-refractivity contribution in [1.82, 2.24) is 9.97 Å². The minimum atomic E-state index is -0.518. The van der Waals surface area contributed by atoms with Gasteiger partial charge in [0.25, 0.3) is 5.88 Å². The number of hydrogen-bond acceptors (Lipinski definition) is 6. The van der Waals surface area contributed by atoms with Crippen LogP contribution in [0.3, 0.4) is 0 Å².